The summed E-state index contributed by atoms with van der Waals surface area (Å²) in [6.45, 7) is 1.69. The average molecular weight is 495 g/mol. The number of hydrogen-bond donors (Lipinski definition) is 1. The molecule has 2 aliphatic heterocycles. The Morgan fingerprint density at radius 3 is 2.46 bits per heavy atom. The van der Waals surface area contributed by atoms with Crippen molar-refractivity contribution in [1.82, 2.24) is 9.88 Å². The lowest BCUT2D eigenvalue weighted by Gasteiger charge is -2.38. The van der Waals surface area contributed by atoms with E-state index in [4.69, 9.17) is 11.6 Å². The normalized spacial score (nSPS) is 24.1. The molecule has 0 bridgehead atoms. The van der Waals surface area contributed by atoms with Crippen molar-refractivity contribution in [3.63, 3.8) is 0 Å². The molecule has 0 unspecified atom stereocenters. The van der Waals surface area contributed by atoms with Gasteiger partial charge >= 0.3 is 0 Å². The molecule has 0 radical (unpaired) electrons. The third-order valence-corrected chi connectivity index (χ3v) is 7.86. The lowest BCUT2D eigenvalue weighted by Crippen LogP contribution is -2.50. The summed E-state index contributed by atoms with van der Waals surface area (Å²) in [6, 6.07) is 11.4. The number of piperidine rings is 1. The van der Waals surface area contributed by atoms with Crippen LogP contribution in [0.4, 0.5) is 11.5 Å². The number of amides is 3. The van der Waals surface area contributed by atoms with Gasteiger partial charge in [-0.2, -0.15) is 0 Å². The van der Waals surface area contributed by atoms with Gasteiger partial charge in [-0.15, -0.1) is 0 Å². The standard InChI is InChI=1S/C27H31ClN4O3/c28-20-11-12-24(29-16-20)30-25(33)19-7-5-14-31(17-19)26(34)21-8-2-3-9-22(21)27(35)32-15-13-18-6-1-4-10-23(18)32/h1,4,6,10-12,16,19,21-22H,2-3,5,7-9,13-15,17H2,(H,29,30,33)/t19-,21+,22-/m1/s1. The molecule has 1 aromatic heterocycles. The van der Waals surface area contributed by atoms with Gasteiger partial charge < -0.3 is 15.1 Å². The second-order valence-corrected chi connectivity index (χ2v) is 10.3. The summed E-state index contributed by atoms with van der Waals surface area (Å²) in [4.78, 5) is 48.0. The second kappa shape index (κ2) is 10.4. The Kier molecular flexibility index (Phi) is 7.04. The summed E-state index contributed by atoms with van der Waals surface area (Å²) in [6.07, 6.45) is 7.24. The molecule has 1 saturated carbocycles. The number of rotatable bonds is 4. The summed E-state index contributed by atoms with van der Waals surface area (Å²) < 4.78 is 0. The highest BCUT2D eigenvalue weighted by Gasteiger charge is 2.42. The van der Waals surface area contributed by atoms with E-state index in [1.54, 1.807) is 12.1 Å². The van der Waals surface area contributed by atoms with Crippen molar-refractivity contribution in [3.05, 3.63) is 53.2 Å². The first-order valence-corrected chi connectivity index (χ1v) is 13.0. The molecule has 5 rings (SSSR count). The number of fused-ring (bicyclic) bond motifs is 1. The number of halogens is 1. The van der Waals surface area contributed by atoms with Crippen LogP contribution in [0.25, 0.3) is 0 Å². The van der Waals surface area contributed by atoms with Crippen LogP contribution in [0, 0.1) is 17.8 Å². The molecular weight excluding hydrogens is 464 g/mol. The van der Waals surface area contributed by atoms with Gasteiger partial charge in [0.2, 0.25) is 17.7 Å². The van der Waals surface area contributed by atoms with Crippen LogP contribution in [0.15, 0.2) is 42.6 Å². The van der Waals surface area contributed by atoms with Crippen molar-refractivity contribution in [2.24, 2.45) is 17.8 Å². The van der Waals surface area contributed by atoms with Crippen LogP contribution in [-0.2, 0) is 20.8 Å². The van der Waals surface area contributed by atoms with E-state index in [0.29, 0.717) is 30.5 Å². The van der Waals surface area contributed by atoms with Crippen molar-refractivity contribution in [1.29, 1.82) is 0 Å². The topological polar surface area (TPSA) is 82.6 Å². The minimum absolute atomic E-state index is 0.0256. The third kappa shape index (κ3) is 5.06. The van der Waals surface area contributed by atoms with Gasteiger partial charge in [0.1, 0.15) is 5.82 Å². The molecule has 3 amide bonds. The van der Waals surface area contributed by atoms with E-state index in [1.165, 1.54) is 11.8 Å². The minimum atomic E-state index is -0.316. The zero-order valence-corrected chi connectivity index (χ0v) is 20.5. The Labute approximate surface area is 210 Å². The van der Waals surface area contributed by atoms with Crippen LogP contribution in [0.3, 0.4) is 0 Å². The van der Waals surface area contributed by atoms with E-state index < -0.39 is 0 Å². The van der Waals surface area contributed by atoms with E-state index in [-0.39, 0.29) is 35.5 Å². The number of hydrogen-bond acceptors (Lipinski definition) is 4. The Hall–Kier alpha value is -2.93. The van der Waals surface area contributed by atoms with Crippen LogP contribution in [0.2, 0.25) is 5.02 Å². The zero-order valence-electron chi connectivity index (χ0n) is 19.8. The van der Waals surface area contributed by atoms with Gasteiger partial charge in [0.25, 0.3) is 0 Å². The summed E-state index contributed by atoms with van der Waals surface area (Å²) in [5.74, 6) is -0.494. The number of aromatic nitrogens is 1. The number of likely N-dealkylation sites (tertiary alicyclic amines) is 1. The van der Waals surface area contributed by atoms with E-state index in [9.17, 15) is 14.4 Å². The maximum absolute atomic E-state index is 13.7. The molecule has 1 N–H and O–H groups in total. The lowest BCUT2D eigenvalue weighted by molar-refractivity contribution is -0.145. The first-order valence-electron chi connectivity index (χ1n) is 12.6. The number of anilines is 2. The van der Waals surface area contributed by atoms with Gasteiger partial charge in [-0.3, -0.25) is 14.4 Å². The van der Waals surface area contributed by atoms with Crippen LogP contribution in [0.5, 0.6) is 0 Å². The fourth-order valence-corrected chi connectivity index (χ4v) is 5.91. The Morgan fingerprint density at radius 2 is 1.69 bits per heavy atom. The highest BCUT2D eigenvalue weighted by molar-refractivity contribution is 6.30. The predicted molar refractivity (Wildman–Crippen MR) is 135 cm³/mol. The molecule has 3 heterocycles. The van der Waals surface area contributed by atoms with Crippen LogP contribution < -0.4 is 10.2 Å². The van der Waals surface area contributed by atoms with Gasteiger partial charge in [-0.25, -0.2) is 4.98 Å². The van der Waals surface area contributed by atoms with Gasteiger partial charge in [-0.05, 0) is 55.9 Å². The number of nitrogens with one attached hydrogen (secondary N) is 1. The van der Waals surface area contributed by atoms with Crippen molar-refractivity contribution in [2.45, 2.75) is 44.9 Å². The minimum Gasteiger partial charge on any atom is -0.342 e. The summed E-state index contributed by atoms with van der Waals surface area (Å²) in [5.41, 5.74) is 2.18. The maximum Gasteiger partial charge on any atom is 0.230 e. The van der Waals surface area contributed by atoms with Gasteiger partial charge in [-0.1, -0.05) is 42.6 Å². The molecule has 184 valence electrons. The monoisotopic (exact) mass is 494 g/mol. The molecular formula is C27H31ClN4O3. The highest BCUT2D eigenvalue weighted by Crippen LogP contribution is 2.37. The molecule has 8 heteroatoms. The summed E-state index contributed by atoms with van der Waals surface area (Å²) >= 11 is 5.88. The van der Waals surface area contributed by atoms with Crippen LogP contribution in [0.1, 0.15) is 44.1 Å². The van der Waals surface area contributed by atoms with Crippen molar-refractivity contribution in [3.8, 4) is 0 Å². The number of nitrogens with zero attached hydrogens (tertiary/aromatic N) is 3. The Balaban J connectivity index is 1.26. The number of para-hydroxylation sites is 1. The molecule has 7 nitrogen and oxygen atoms in total. The van der Waals surface area contributed by atoms with E-state index >= 15 is 0 Å². The summed E-state index contributed by atoms with van der Waals surface area (Å²) in [7, 11) is 0. The van der Waals surface area contributed by atoms with Crippen molar-refractivity contribution < 1.29 is 14.4 Å². The fourth-order valence-electron chi connectivity index (χ4n) is 5.79. The average Bonchev–Trinajstić information content (AvgIpc) is 3.33. The van der Waals surface area contributed by atoms with E-state index in [0.717, 1.165) is 50.6 Å². The van der Waals surface area contributed by atoms with Gasteiger partial charge in [0.15, 0.2) is 0 Å². The number of carbonyl (C=O) groups excluding carboxylic acids is 3. The van der Waals surface area contributed by atoms with E-state index in [2.05, 4.69) is 16.4 Å². The third-order valence-electron chi connectivity index (χ3n) is 7.64. The zero-order chi connectivity index (χ0) is 24.4. The highest BCUT2D eigenvalue weighted by atomic mass is 35.5. The number of benzene rings is 1. The van der Waals surface area contributed by atoms with Crippen LogP contribution >= 0.6 is 11.6 Å². The largest absolute Gasteiger partial charge is 0.342 e. The van der Waals surface area contributed by atoms with Crippen LogP contribution in [-0.4, -0.2) is 47.2 Å². The number of pyridine rings is 1. The maximum atomic E-state index is 13.7. The predicted octanol–water partition coefficient (Wildman–Crippen LogP) is 4.31. The Bertz CT molecular complexity index is 1110. The molecule has 2 fully saturated rings. The number of carbonyl (C=O) groups is 3. The smallest absolute Gasteiger partial charge is 0.230 e. The first-order chi connectivity index (χ1) is 17.0. The molecule has 0 spiro atoms. The molecule has 3 atom stereocenters. The SMILES string of the molecule is O=C(Nc1ccc(Cl)cn1)[C@@H]1CCCN(C(=O)[C@H]2CCCC[C@H]2C(=O)N2CCc3ccccc32)C1. The van der Waals surface area contributed by atoms with Gasteiger partial charge in [0, 0.05) is 37.4 Å². The molecule has 1 saturated heterocycles. The summed E-state index contributed by atoms with van der Waals surface area (Å²) in [5, 5.41) is 3.35. The quantitative estimate of drug-likeness (QED) is 0.686. The molecule has 2 aromatic rings. The Morgan fingerprint density at radius 1 is 0.914 bits per heavy atom. The molecule has 35 heavy (non-hydrogen) atoms. The fraction of sp³-hybridized carbons (Fsp3) is 0.481. The van der Waals surface area contributed by atoms with Crippen molar-refractivity contribution in [2.75, 3.05) is 29.9 Å². The van der Waals surface area contributed by atoms with Crippen molar-refractivity contribution >= 4 is 40.8 Å². The first kappa shape index (κ1) is 23.8. The lowest BCUT2D eigenvalue weighted by atomic mass is 9.77. The molecule has 1 aliphatic carbocycles. The molecule has 3 aliphatic rings. The van der Waals surface area contributed by atoms with Gasteiger partial charge in [0.05, 0.1) is 16.9 Å². The second-order valence-electron chi connectivity index (χ2n) is 9.84. The molecule has 1 aromatic carbocycles. The van der Waals surface area contributed by atoms with E-state index in [1.807, 2.05) is 28.0 Å².